The lowest BCUT2D eigenvalue weighted by Crippen LogP contribution is -2.09. The summed E-state index contributed by atoms with van der Waals surface area (Å²) in [6.45, 7) is 5.53. The summed E-state index contributed by atoms with van der Waals surface area (Å²) in [6, 6.07) is 5.17. The van der Waals surface area contributed by atoms with E-state index in [-0.39, 0.29) is 24.9 Å². The molecule has 0 aliphatic heterocycles. The first-order valence-electron chi connectivity index (χ1n) is 7.40. The minimum absolute atomic E-state index is 0.00404. The highest BCUT2D eigenvalue weighted by Gasteiger charge is 2.25. The van der Waals surface area contributed by atoms with Crippen molar-refractivity contribution in [3.05, 3.63) is 39.5 Å². The van der Waals surface area contributed by atoms with Gasteiger partial charge in [-0.2, -0.15) is 5.10 Å². The van der Waals surface area contributed by atoms with Gasteiger partial charge in [-0.25, -0.2) is 4.79 Å². The van der Waals surface area contributed by atoms with E-state index in [1.165, 1.54) is 11.8 Å². The van der Waals surface area contributed by atoms with E-state index in [1.54, 1.807) is 29.8 Å². The monoisotopic (exact) mass is 388 g/mol. The van der Waals surface area contributed by atoms with Crippen molar-refractivity contribution >= 4 is 40.9 Å². The molecule has 0 radical (unpaired) electrons. The molecule has 130 valence electrons. The van der Waals surface area contributed by atoms with E-state index in [0.29, 0.717) is 20.6 Å². The van der Waals surface area contributed by atoms with Crippen molar-refractivity contribution in [2.24, 2.45) is 0 Å². The summed E-state index contributed by atoms with van der Waals surface area (Å²) in [5.41, 5.74) is 0.562. The van der Waals surface area contributed by atoms with Crippen LogP contribution in [0.25, 0.3) is 0 Å². The van der Waals surface area contributed by atoms with Crippen molar-refractivity contribution in [1.29, 1.82) is 0 Å². The molecule has 0 amide bonds. The van der Waals surface area contributed by atoms with E-state index in [0.717, 1.165) is 4.90 Å². The van der Waals surface area contributed by atoms with Crippen LogP contribution in [0.3, 0.4) is 0 Å². The number of carbonyl (C=O) groups excluding carboxylic acids is 1. The number of aromatic nitrogens is 2. The quantitative estimate of drug-likeness (QED) is 0.732. The number of nitrogens with zero attached hydrogens (tertiary/aromatic N) is 2. The van der Waals surface area contributed by atoms with Gasteiger partial charge in [0, 0.05) is 26.5 Å². The van der Waals surface area contributed by atoms with Crippen LogP contribution in [0, 0.1) is 0 Å². The summed E-state index contributed by atoms with van der Waals surface area (Å²) in [6.07, 6.45) is 0. The Morgan fingerprint density at radius 1 is 1.33 bits per heavy atom. The number of aliphatic hydroxyl groups excluding tert-OH is 1. The van der Waals surface area contributed by atoms with Crippen LogP contribution in [-0.2, 0) is 11.3 Å². The molecule has 2 aromatic rings. The number of benzene rings is 1. The molecule has 0 aliphatic carbocycles. The molecular weight excluding hydrogens is 371 g/mol. The predicted molar refractivity (Wildman–Crippen MR) is 95.1 cm³/mol. The third-order valence-electron chi connectivity index (χ3n) is 3.13. The number of carbonyl (C=O) groups is 1. The summed E-state index contributed by atoms with van der Waals surface area (Å²) in [4.78, 5) is 12.9. The van der Waals surface area contributed by atoms with Crippen molar-refractivity contribution in [2.45, 2.75) is 43.3 Å². The minimum atomic E-state index is -0.549. The van der Waals surface area contributed by atoms with Crippen LogP contribution >= 0.6 is 35.0 Å². The predicted octanol–water partition coefficient (Wildman–Crippen LogP) is 4.59. The molecule has 5 nitrogen and oxygen atoms in total. The highest BCUT2D eigenvalue weighted by molar-refractivity contribution is 7.99. The molecule has 1 heterocycles. The van der Waals surface area contributed by atoms with Crippen LogP contribution in [0.4, 0.5) is 0 Å². The Morgan fingerprint density at radius 2 is 1.96 bits per heavy atom. The Bertz CT molecular complexity index is 727. The number of esters is 1. The number of aliphatic hydroxyl groups is 1. The standard InChI is InChI=1S/C16H18Cl2N2O3S/c1-4-23-16(22)14-13(8-21)15(20(19-14)9(2)3)24-12-6-10(17)5-11(18)7-12/h5-7,9,21H,4,8H2,1-3H3. The summed E-state index contributed by atoms with van der Waals surface area (Å²) < 4.78 is 6.72. The average molecular weight is 389 g/mol. The zero-order chi connectivity index (χ0) is 17.9. The first-order valence-corrected chi connectivity index (χ1v) is 8.97. The van der Waals surface area contributed by atoms with Gasteiger partial charge in [0.25, 0.3) is 0 Å². The van der Waals surface area contributed by atoms with Crippen molar-refractivity contribution in [2.75, 3.05) is 6.61 Å². The molecule has 1 N–H and O–H groups in total. The maximum Gasteiger partial charge on any atom is 0.359 e. The van der Waals surface area contributed by atoms with Crippen molar-refractivity contribution < 1.29 is 14.6 Å². The second-order valence-corrected chi connectivity index (χ2v) is 7.19. The molecule has 0 unspecified atom stereocenters. The average Bonchev–Trinajstić information content (AvgIpc) is 2.85. The number of ether oxygens (including phenoxy) is 1. The van der Waals surface area contributed by atoms with Gasteiger partial charge in [0.2, 0.25) is 0 Å². The number of halogens is 2. The van der Waals surface area contributed by atoms with E-state index < -0.39 is 5.97 Å². The number of hydrogen-bond acceptors (Lipinski definition) is 5. The van der Waals surface area contributed by atoms with Gasteiger partial charge in [-0.3, -0.25) is 4.68 Å². The molecular formula is C16H18Cl2N2O3S. The molecule has 0 atom stereocenters. The van der Waals surface area contributed by atoms with Crippen LogP contribution < -0.4 is 0 Å². The smallest absolute Gasteiger partial charge is 0.359 e. The van der Waals surface area contributed by atoms with Gasteiger partial charge in [0.05, 0.1) is 13.2 Å². The lowest BCUT2D eigenvalue weighted by molar-refractivity contribution is 0.0514. The molecule has 0 bridgehead atoms. The second-order valence-electron chi connectivity index (χ2n) is 5.26. The molecule has 0 aliphatic rings. The van der Waals surface area contributed by atoms with Gasteiger partial charge in [0.15, 0.2) is 5.69 Å². The van der Waals surface area contributed by atoms with Crippen LogP contribution in [0.15, 0.2) is 28.1 Å². The second kappa shape index (κ2) is 8.25. The van der Waals surface area contributed by atoms with E-state index in [2.05, 4.69) is 5.10 Å². The zero-order valence-electron chi connectivity index (χ0n) is 13.5. The summed E-state index contributed by atoms with van der Waals surface area (Å²) >= 11 is 13.4. The molecule has 8 heteroatoms. The molecule has 1 aromatic heterocycles. The largest absolute Gasteiger partial charge is 0.461 e. The van der Waals surface area contributed by atoms with Gasteiger partial charge >= 0.3 is 5.97 Å². The zero-order valence-corrected chi connectivity index (χ0v) is 15.9. The fraction of sp³-hybridized carbons (Fsp3) is 0.375. The third-order valence-corrected chi connectivity index (χ3v) is 4.66. The van der Waals surface area contributed by atoms with Crippen molar-refractivity contribution in [3.63, 3.8) is 0 Å². The lowest BCUT2D eigenvalue weighted by atomic mass is 10.2. The maximum absolute atomic E-state index is 12.1. The van der Waals surface area contributed by atoms with E-state index in [4.69, 9.17) is 27.9 Å². The molecule has 24 heavy (non-hydrogen) atoms. The normalized spacial score (nSPS) is 11.1. The fourth-order valence-corrected chi connectivity index (χ4v) is 4.00. The van der Waals surface area contributed by atoms with Crippen LogP contribution in [-0.4, -0.2) is 27.5 Å². The molecule has 2 rings (SSSR count). The van der Waals surface area contributed by atoms with E-state index >= 15 is 0 Å². The third kappa shape index (κ3) is 4.25. The molecule has 0 saturated carbocycles. The Morgan fingerprint density at radius 3 is 2.46 bits per heavy atom. The lowest BCUT2D eigenvalue weighted by Gasteiger charge is -2.12. The topological polar surface area (TPSA) is 64.3 Å². The number of hydrogen-bond donors (Lipinski definition) is 1. The highest BCUT2D eigenvalue weighted by Crippen LogP contribution is 2.36. The van der Waals surface area contributed by atoms with Crippen molar-refractivity contribution in [1.82, 2.24) is 9.78 Å². The molecule has 1 aromatic carbocycles. The Hall–Kier alpha value is -1.21. The number of rotatable bonds is 6. The van der Waals surface area contributed by atoms with Crippen LogP contribution in [0.5, 0.6) is 0 Å². The summed E-state index contributed by atoms with van der Waals surface area (Å²) in [5.74, 6) is -0.549. The fourth-order valence-electron chi connectivity index (χ4n) is 2.12. The van der Waals surface area contributed by atoms with Gasteiger partial charge in [0.1, 0.15) is 5.03 Å². The summed E-state index contributed by atoms with van der Waals surface area (Å²) in [5, 5.41) is 15.8. The Kier molecular flexibility index (Phi) is 6.57. The minimum Gasteiger partial charge on any atom is -0.461 e. The van der Waals surface area contributed by atoms with Gasteiger partial charge in [-0.05, 0) is 39.0 Å². The highest BCUT2D eigenvalue weighted by atomic mass is 35.5. The molecule has 0 saturated heterocycles. The van der Waals surface area contributed by atoms with E-state index in [9.17, 15) is 9.90 Å². The van der Waals surface area contributed by atoms with E-state index in [1.807, 2.05) is 13.8 Å². The molecule has 0 fully saturated rings. The molecule has 0 spiro atoms. The van der Waals surface area contributed by atoms with Crippen LogP contribution in [0.1, 0.15) is 42.9 Å². The van der Waals surface area contributed by atoms with Crippen molar-refractivity contribution in [3.8, 4) is 0 Å². The van der Waals surface area contributed by atoms with Gasteiger partial charge < -0.3 is 9.84 Å². The Balaban J connectivity index is 2.52. The first kappa shape index (κ1) is 19.1. The van der Waals surface area contributed by atoms with Gasteiger partial charge in [-0.1, -0.05) is 35.0 Å². The van der Waals surface area contributed by atoms with Gasteiger partial charge in [-0.15, -0.1) is 0 Å². The van der Waals surface area contributed by atoms with Crippen LogP contribution in [0.2, 0.25) is 10.0 Å². The maximum atomic E-state index is 12.1. The Labute approximate surface area is 154 Å². The first-order chi connectivity index (χ1) is 11.4. The summed E-state index contributed by atoms with van der Waals surface area (Å²) in [7, 11) is 0. The SMILES string of the molecule is CCOC(=O)c1nn(C(C)C)c(Sc2cc(Cl)cc(Cl)c2)c1CO.